The predicted octanol–water partition coefficient (Wildman–Crippen LogP) is 3.18. The summed E-state index contributed by atoms with van der Waals surface area (Å²) in [6.45, 7) is 6.47. The Morgan fingerprint density at radius 3 is 3.05 bits per heavy atom. The van der Waals surface area contributed by atoms with Gasteiger partial charge in [0.2, 0.25) is 0 Å². The van der Waals surface area contributed by atoms with Gasteiger partial charge in [-0.2, -0.15) is 0 Å². The van der Waals surface area contributed by atoms with Crippen molar-refractivity contribution >= 4 is 5.69 Å². The normalized spacial score (nSPS) is 14.4. The number of anilines is 1. The Kier molecular flexibility index (Phi) is 4.46. The van der Waals surface area contributed by atoms with Gasteiger partial charge in [-0.25, -0.2) is 0 Å². The monoisotopic (exact) mass is 286 g/mol. The zero-order valence-electron chi connectivity index (χ0n) is 12.5. The molecule has 0 saturated carbocycles. The molecule has 0 amide bonds. The molecule has 0 aliphatic carbocycles. The van der Waals surface area contributed by atoms with Crippen molar-refractivity contribution in [3.8, 4) is 5.75 Å². The van der Waals surface area contributed by atoms with Crippen LogP contribution in [0.1, 0.15) is 24.7 Å². The molecule has 0 bridgehead atoms. The highest BCUT2D eigenvalue weighted by Gasteiger charge is 2.18. The molecule has 0 atom stereocenters. The van der Waals surface area contributed by atoms with E-state index in [2.05, 4.69) is 35.3 Å². The van der Waals surface area contributed by atoms with E-state index in [-0.39, 0.29) is 0 Å². The van der Waals surface area contributed by atoms with Crippen molar-refractivity contribution < 1.29 is 9.15 Å². The second kappa shape index (κ2) is 6.68. The van der Waals surface area contributed by atoms with E-state index in [0.29, 0.717) is 0 Å². The number of furan rings is 1. The van der Waals surface area contributed by atoms with Crippen LogP contribution >= 0.6 is 0 Å². The van der Waals surface area contributed by atoms with Crippen molar-refractivity contribution in [2.24, 2.45) is 0 Å². The maximum Gasteiger partial charge on any atom is 0.142 e. The Balaban J connectivity index is 1.80. The van der Waals surface area contributed by atoms with E-state index in [1.807, 2.05) is 12.1 Å². The van der Waals surface area contributed by atoms with Crippen LogP contribution in [0, 0.1) is 0 Å². The minimum atomic E-state index is 0.781. The molecule has 0 radical (unpaired) electrons. The first kappa shape index (κ1) is 14.0. The molecule has 112 valence electrons. The average Bonchev–Trinajstić information content (AvgIpc) is 2.85. The van der Waals surface area contributed by atoms with Crippen LogP contribution in [0.2, 0.25) is 0 Å². The topological polar surface area (TPSA) is 37.6 Å². The maximum absolute atomic E-state index is 5.82. The summed E-state index contributed by atoms with van der Waals surface area (Å²) in [7, 11) is 0. The molecule has 1 aromatic heterocycles. The lowest BCUT2D eigenvalue weighted by atomic mass is 10.2. The quantitative estimate of drug-likeness (QED) is 0.916. The van der Waals surface area contributed by atoms with Crippen molar-refractivity contribution in [3.05, 3.63) is 47.9 Å². The zero-order chi connectivity index (χ0) is 14.5. The summed E-state index contributed by atoms with van der Waals surface area (Å²) in [6, 6.07) is 10.3. The number of benzene rings is 1. The highest BCUT2D eigenvalue weighted by atomic mass is 16.5. The number of rotatable bonds is 5. The standard InChI is InChI=1S/C17H22N2O2/c1-2-18-12-17-14(8-11-21-17)13-19-9-5-10-20-16-7-4-3-6-15(16)19/h3-4,6-8,11,18H,2,5,9-10,12-13H2,1H3. The molecule has 4 heteroatoms. The summed E-state index contributed by atoms with van der Waals surface area (Å²) in [4.78, 5) is 2.38. The summed E-state index contributed by atoms with van der Waals surface area (Å²) in [6.07, 6.45) is 2.82. The summed E-state index contributed by atoms with van der Waals surface area (Å²) >= 11 is 0. The molecule has 1 aromatic carbocycles. The minimum absolute atomic E-state index is 0.781. The van der Waals surface area contributed by atoms with Gasteiger partial charge in [-0.15, -0.1) is 0 Å². The fourth-order valence-electron chi connectivity index (χ4n) is 2.67. The summed E-state index contributed by atoms with van der Waals surface area (Å²) < 4.78 is 11.4. The van der Waals surface area contributed by atoms with Crippen molar-refractivity contribution in [1.29, 1.82) is 0 Å². The molecule has 3 rings (SSSR count). The Labute approximate surface area is 125 Å². The highest BCUT2D eigenvalue weighted by Crippen LogP contribution is 2.32. The smallest absolute Gasteiger partial charge is 0.142 e. The van der Waals surface area contributed by atoms with Crippen molar-refractivity contribution in [1.82, 2.24) is 5.32 Å². The van der Waals surface area contributed by atoms with Crippen LogP contribution < -0.4 is 15.0 Å². The van der Waals surface area contributed by atoms with Crippen molar-refractivity contribution in [2.45, 2.75) is 26.4 Å². The van der Waals surface area contributed by atoms with Gasteiger partial charge in [0.1, 0.15) is 11.5 Å². The van der Waals surface area contributed by atoms with E-state index >= 15 is 0 Å². The van der Waals surface area contributed by atoms with E-state index < -0.39 is 0 Å². The number of nitrogens with zero attached hydrogens (tertiary/aromatic N) is 1. The summed E-state index contributed by atoms with van der Waals surface area (Å²) in [5, 5.41) is 3.32. The predicted molar refractivity (Wildman–Crippen MR) is 83.7 cm³/mol. The van der Waals surface area contributed by atoms with E-state index in [1.165, 1.54) is 11.3 Å². The Morgan fingerprint density at radius 1 is 1.24 bits per heavy atom. The van der Waals surface area contributed by atoms with Crippen LogP contribution in [0.25, 0.3) is 0 Å². The third kappa shape index (κ3) is 3.22. The van der Waals surface area contributed by atoms with Crippen LogP contribution in [0.3, 0.4) is 0 Å². The van der Waals surface area contributed by atoms with Crippen LogP contribution in [0.5, 0.6) is 5.75 Å². The fourth-order valence-corrected chi connectivity index (χ4v) is 2.67. The SMILES string of the molecule is CCNCc1occc1CN1CCCOc2ccccc21. The van der Waals surface area contributed by atoms with Gasteiger partial charge >= 0.3 is 0 Å². The van der Waals surface area contributed by atoms with Crippen molar-refractivity contribution in [3.63, 3.8) is 0 Å². The van der Waals surface area contributed by atoms with Crippen LogP contribution in [-0.2, 0) is 13.1 Å². The Bertz CT molecular complexity index is 580. The number of ether oxygens (including phenoxy) is 1. The van der Waals surface area contributed by atoms with Gasteiger partial charge in [0.25, 0.3) is 0 Å². The highest BCUT2D eigenvalue weighted by molar-refractivity contribution is 5.59. The molecular weight excluding hydrogens is 264 g/mol. The fraction of sp³-hybridized carbons (Fsp3) is 0.412. The Hall–Kier alpha value is -1.94. The van der Waals surface area contributed by atoms with Gasteiger partial charge in [0.15, 0.2) is 0 Å². The lowest BCUT2D eigenvalue weighted by molar-refractivity contribution is 0.322. The van der Waals surface area contributed by atoms with Gasteiger partial charge < -0.3 is 19.4 Å². The second-order valence-corrected chi connectivity index (χ2v) is 5.24. The lowest BCUT2D eigenvalue weighted by Crippen LogP contribution is -2.24. The first-order chi connectivity index (χ1) is 10.4. The second-order valence-electron chi connectivity index (χ2n) is 5.24. The molecule has 2 aromatic rings. The van der Waals surface area contributed by atoms with Crippen molar-refractivity contribution in [2.75, 3.05) is 24.6 Å². The average molecular weight is 286 g/mol. The van der Waals surface area contributed by atoms with E-state index in [1.54, 1.807) is 6.26 Å². The van der Waals surface area contributed by atoms with E-state index in [0.717, 1.165) is 50.7 Å². The molecule has 2 heterocycles. The first-order valence-electron chi connectivity index (χ1n) is 7.61. The number of fused-ring (bicyclic) bond motifs is 1. The number of para-hydroxylation sites is 2. The van der Waals surface area contributed by atoms with E-state index in [4.69, 9.17) is 9.15 Å². The van der Waals surface area contributed by atoms with Gasteiger partial charge in [-0.1, -0.05) is 19.1 Å². The lowest BCUT2D eigenvalue weighted by Gasteiger charge is -2.23. The molecular formula is C17H22N2O2. The Morgan fingerprint density at radius 2 is 2.14 bits per heavy atom. The van der Waals surface area contributed by atoms with Gasteiger partial charge in [0.05, 0.1) is 25.1 Å². The summed E-state index contributed by atoms with van der Waals surface area (Å²) in [5.74, 6) is 2.01. The molecule has 1 aliphatic heterocycles. The molecule has 0 saturated heterocycles. The van der Waals surface area contributed by atoms with Crippen LogP contribution in [-0.4, -0.2) is 19.7 Å². The van der Waals surface area contributed by atoms with Crippen LogP contribution in [0.4, 0.5) is 5.69 Å². The van der Waals surface area contributed by atoms with Gasteiger partial charge in [-0.3, -0.25) is 0 Å². The van der Waals surface area contributed by atoms with Gasteiger partial charge in [-0.05, 0) is 31.2 Å². The summed E-state index contributed by atoms with van der Waals surface area (Å²) in [5.41, 5.74) is 2.42. The van der Waals surface area contributed by atoms with E-state index in [9.17, 15) is 0 Å². The molecule has 1 N–H and O–H groups in total. The van der Waals surface area contributed by atoms with Gasteiger partial charge in [0, 0.05) is 18.7 Å². The molecule has 21 heavy (non-hydrogen) atoms. The van der Waals surface area contributed by atoms with Crippen LogP contribution in [0.15, 0.2) is 41.0 Å². The molecule has 0 unspecified atom stereocenters. The third-order valence-electron chi connectivity index (χ3n) is 3.77. The minimum Gasteiger partial charge on any atom is -0.491 e. The molecule has 0 fully saturated rings. The molecule has 0 spiro atoms. The number of hydrogen-bond donors (Lipinski definition) is 1. The molecule has 4 nitrogen and oxygen atoms in total. The molecule has 1 aliphatic rings. The maximum atomic E-state index is 5.82. The largest absolute Gasteiger partial charge is 0.491 e. The first-order valence-corrected chi connectivity index (χ1v) is 7.61. The number of hydrogen-bond acceptors (Lipinski definition) is 4. The zero-order valence-corrected chi connectivity index (χ0v) is 12.5. The third-order valence-corrected chi connectivity index (χ3v) is 3.77. The number of nitrogens with one attached hydrogen (secondary N) is 1.